The molecule has 1 aromatic carbocycles. The van der Waals surface area contributed by atoms with Gasteiger partial charge in [-0.1, -0.05) is 60.8 Å². The van der Waals surface area contributed by atoms with Gasteiger partial charge >= 0.3 is 0 Å². The van der Waals surface area contributed by atoms with Crippen LogP contribution < -0.4 is 5.73 Å². The first-order valence-corrected chi connectivity index (χ1v) is 9.15. The van der Waals surface area contributed by atoms with E-state index in [1.807, 2.05) is 0 Å². The number of hydrogen-bond acceptors (Lipinski definition) is 2. The van der Waals surface area contributed by atoms with Gasteiger partial charge in [0.15, 0.2) is 0 Å². The first kappa shape index (κ1) is 21.3. The van der Waals surface area contributed by atoms with Crippen LogP contribution in [0.15, 0.2) is 12.1 Å². The highest BCUT2D eigenvalue weighted by molar-refractivity contribution is 5.85. The Hall–Kier alpha value is -0.730. The zero-order chi connectivity index (χ0) is 17.4. The molecule has 0 aliphatic heterocycles. The molecule has 1 saturated carbocycles. The van der Waals surface area contributed by atoms with Crippen LogP contribution in [0.3, 0.4) is 0 Å². The van der Waals surface area contributed by atoms with Gasteiger partial charge in [-0.05, 0) is 58.4 Å². The van der Waals surface area contributed by atoms with Crippen LogP contribution in [0.2, 0.25) is 0 Å². The first-order chi connectivity index (χ1) is 10.5. The standard InChI is InChI=1S/C21H35NO.ClH/c1-20(2,3)16-12-15(13-17(19(16)23)21(4,5)6)18(22)14-10-8-7-9-11-14;/h12-14,18,23H,7-11,22H2,1-6H3;1H/t18-;/m0./s1. The Kier molecular flexibility index (Phi) is 6.80. The van der Waals surface area contributed by atoms with E-state index < -0.39 is 0 Å². The van der Waals surface area contributed by atoms with Gasteiger partial charge in [-0.3, -0.25) is 0 Å². The molecule has 138 valence electrons. The Balaban J connectivity index is 0.00000288. The minimum Gasteiger partial charge on any atom is -0.507 e. The Morgan fingerprint density at radius 1 is 0.917 bits per heavy atom. The smallest absolute Gasteiger partial charge is 0.123 e. The van der Waals surface area contributed by atoms with Crippen molar-refractivity contribution in [3.63, 3.8) is 0 Å². The van der Waals surface area contributed by atoms with Gasteiger partial charge in [0.25, 0.3) is 0 Å². The van der Waals surface area contributed by atoms with Crippen molar-refractivity contribution in [2.45, 2.75) is 90.5 Å². The number of phenols is 1. The van der Waals surface area contributed by atoms with Crippen LogP contribution in [0, 0.1) is 5.92 Å². The SMILES string of the molecule is CC(C)(C)c1cc([C@@H](N)C2CCCCC2)cc(C(C)(C)C)c1O.Cl. The molecule has 3 N–H and O–H groups in total. The molecule has 1 aliphatic carbocycles. The number of rotatable bonds is 2. The van der Waals surface area contributed by atoms with E-state index in [0.717, 1.165) is 11.1 Å². The number of halogens is 1. The summed E-state index contributed by atoms with van der Waals surface area (Å²) in [5.74, 6) is 1.03. The van der Waals surface area contributed by atoms with E-state index in [1.165, 1.54) is 37.7 Å². The number of phenolic OH excluding ortho intramolecular Hbond substituents is 1. The average molecular weight is 354 g/mol. The van der Waals surface area contributed by atoms with Crippen molar-refractivity contribution in [1.82, 2.24) is 0 Å². The maximum atomic E-state index is 10.8. The van der Waals surface area contributed by atoms with Gasteiger partial charge in [0, 0.05) is 6.04 Å². The first-order valence-electron chi connectivity index (χ1n) is 9.15. The van der Waals surface area contributed by atoms with E-state index in [4.69, 9.17) is 5.73 Å². The van der Waals surface area contributed by atoms with Crippen molar-refractivity contribution < 1.29 is 5.11 Å². The fourth-order valence-corrected chi connectivity index (χ4v) is 3.76. The summed E-state index contributed by atoms with van der Waals surface area (Å²) in [5.41, 5.74) is 9.72. The molecule has 1 fully saturated rings. The fourth-order valence-electron chi connectivity index (χ4n) is 3.76. The second kappa shape index (κ2) is 7.66. The molecule has 0 amide bonds. The third-order valence-corrected chi connectivity index (χ3v) is 5.29. The van der Waals surface area contributed by atoms with E-state index >= 15 is 0 Å². The highest BCUT2D eigenvalue weighted by Gasteiger charge is 2.29. The van der Waals surface area contributed by atoms with Gasteiger partial charge in [0.05, 0.1) is 0 Å². The van der Waals surface area contributed by atoms with Crippen LogP contribution in [-0.4, -0.2) is 5.11 Å². The Morgan fingerprint density at radius 3 is 1.71 bits per heavy atom. The lowest BCUT2D eigenvalue weighted by atomic mass is 9.75. The lowest BCUT2D eigenvalue weighted by Gasteiger charge is -2.32. The predicted molar refractivity (Wildman–Crippen MR) is 106 cm³/mol. The van der Waals surface area contributed by atoms with Crippen LogP contribution in [0.5, 0.6) is 5.75 Å². The summed E-state index contributed by atoms with van der Waals surface area (Å²) in [6, 6.07) is 4.39. The highest BCUT2D eigenvalue weighted by atomic mass is 35.5. The second-order valence-electron chi connectivity index (χ2n) is 9.39. The highest BCUT2D eigenvalue weighted by Crippen LogP contribution is 2.42. The lowest BCUT2D eigenvalue weighted by molar-refractivity contribution is 0.307. The van der Waals surface area contributed by atoms with Gasteiger partial charge in [-0.25, -0.2) is 0 Å². The molecule has 3 heteroatoms. The van der Waals surface area contributed by atoms with Gasteiger partial charge in [-0.15, -0.1) is 12.4 Å². The van der Waals surface area contributed by atoms with Crippen LogP contribution in [-0.2, 0) is 10.8 Å². The Bertz CT molecular complexity index is 513. The molecular formula is C21H36ClNO. The molecule has 1 aliphatic rings. The molecule has 2 rings (SSSR count). The summed E-state index contributed by atoms with van der Waals surface area (Å²) < 4.78 is 0. The number of hydrogen-bond donors (Lipinski definition) is 2. The molecule has 0 bridgehead atoms. The van der Waals surface area contributed by atoms with Crippen LogP contribution in [0.1, 0.15) is 96.4 Å². The molecule has 0 unspecified atom stereocenters. The van der Waals surface area contributed by atoms with E-state index in [1.54, 1.807) is 0 Å². The van der Waals surface area contributed by atoms with Gasteiger partial charge in [0.1, 0.15) is 5.75 Å². The molecule has 0 radical (unpaired) electrons. The summed E-state index contributed by atoms with van der Waals surface area (Å²) in [6.45, 7) is 12.9. The Morgan fingerprint density at radius 2 is 1.33 bits per heavy atom. The maximum Gasteiger partial charge on any atom is 0.123 e. The topological polar surface area (TPSA) is 46.2 Å². The largest absolute Gasteiger partial charge is 0.507 e. The minimum absolute atomic E-state index is 0. The minimum atomic E-state index is -0.0909. The molecular weight excluding hydrogens is 318 g/mol. The lowest BCUT2D eigenvalue weighted by Crippen LogP contribution is -2.25. The van der Waals surface area contributed by atoms with E-state index in [-0.39, 0.29) is 29.3 Å². The van der Waals surface area contributed by atoms with Gasteiger partial charge in [0.2, 0.25) is 0 Å². The number of benzene rings is 1. The molecule has 1 atom stereocenters. The van der Waals surface area contributed by atoms with Crippen molar-refractivity contribution in [2.24, 2.45) is 11.7 Å². The van der Waals surface area contributed by atoms with Crippen molar-refractivity contribution in [3.8, 4) is 5.75 Å². The average Bonchev–Trinajstić information content (AvgIpc) is 2.45. The van der Waals surface area contributed by atoms with Gasteiger partial charge in [-0.2, -0.15) is 0 Å². The summed E-state index contributed by atoms with van der Waals surface area (Å²) >= 11 is 0. The predicted octanol–water partition coefficient (Wildman–Crippen LogP) is 5.99. The molecule has 0 saturated heterocycles. The van der Waals surface area contributed by atoms with Crippen LogP contribution in [0.4, 0.5) is 0 Å². The van der Waals surface area contributed by atoms with Crippen LogP contribution in [0.25, 0.3) is 0 Å². The third kappa shape index (κ3) is 4.67. The summed E-state index contributed by atoms with van der Waals surface area (Å²) in [7, 11) is 0. The van der Waals surface area contributed by atoms with E-state index in [0.29, 0.717) is 11.7 Å². The molecule has 1 aromatic rings. The van der Waals surface area contributed by atoms with Crippen LogP contribution >= 0.6 is 12.4 Å². The molecule has 0 spiro atoms. The van der Waals surface area contributed by atoms with Crippen molar-refractivity contribution >= 4 is 12.4 Å². The van der Waals surface area contributed by atoms with Crippen molar-refractivity contribution in [2.75, 3.05) is 0 Å². The molecule has 0 heterocycles. The summed E-state index contributed by atoms with van der Waals surface area (Å²) in [6.07, 6.45) is 6.41. The van der Waals surface area contributed by atoms with Crippen molar-refractivity contribution in [1.29, 1.82) is 0 Å². The van der Waals surface area contributed by atoms with E-state index in [2.05, 4.69) is 53.7 Å². The van der Waals surface area contributed by atoms with Gasteiger partial charge < -0.3 is 10.8 Å². The quantitative estimate of drug-likeness (QED) is 0.685. The molecule has 0 aromatic heterocycles. The number of aromatic hydroxyl groups is 1. The Labute approximate surface area is 154 Å². The maximum absolute atomic E-state index is 10.8. The normalized spacial score (nSPS) is 18.1. The third-order valence-electron chi connectivity index (χ3n) is 5.29. The summed E-state index contributed by atoms with van der Waals surface area (Å²) in [5, 5.41) is 10.8. The number of nitrogens with two attached hydrogens (primary N) is 1. The zero-order valence-corrected chi connectivity index (χ0v) is 17.1. The summed E-state index contributed by atoms with van der Waals surface area (Å²) in [4.78, 5) is 0. The zero-order valence-electron chi connectivity index (χ0n) is 16.3. The monoisotopic (exact) mass is 353 g/mol. The fraction of sp³-hybridized carbons (Fsp3) is 0.714. The molecule has 2 nitrogen and oxygen atoms in total. The molecule has 24 heavy (non-hydrogen) atoms. The second-order valence-corrected chi connectivity index (χ2v) is 9.39. The van der Waals surface area contributed by atoms with Crippen molar-refractivity contribution in [3.05, 3.63) is 28.8 Å². The van der Waals surface area contributed by atoms with E-state index in [9.17, 15) is 5.11 Å².